The summed E-state index contributed by atoms with van der Waals surface area (Å²) >= 11 is 0. The van der Waals surface area contributed by atoms with E-state index in [1.807, 2.05) is 30.3 Å². The Morgan fingerprint density at radius 2 is 1.53 bits per heavy atom. The second-order valence-corrected chi connectivity index (χ2v) is 4.97. The zero-order valence-corrected chi connectivity index (χ0v) is 10.9. The van der Waals surface area contributed by atoms with Gasteiger partial charge in [0, 0.05) is 0 Å². The van der Waals surface area contributed by atoms with E-state index >= 15 is 0 Å². The van der Waals surface area contributed by atoms with Crippen LogP contribution in [-0.4, -0.2) is 13.1 Å². The topological polar surface area (TPSA) is 26.3 Å². The van der Waals surface area contributed by atoms with E-state index in [0.29, 0.717) is 17.4 Å². The van der Waals surface area contributed by atoms with Gasteiger partial charge in [0.05, 0.1) is 12.7 Å². The Morgan fingerprint density at radius 1 is 0.947 bits per heavy atom. The van der Waals surface area contributed by atoms with Crippen LogP contribution in [-0.2, 0) is 4.74 Å². The Bertz CT molecular complexity index is 572. The largest absolute Gasteiger partial charge is 0.465 e. The summed E-state index contributed by atoms with van der Waals surface area (Å²) in [6.45, 7) is 0. The summed E-state index contributed by atoms with van der Waals surface area (Å²) in [6, 6.07) is 18.4. The summed E-state index contributed by atoms with van der Waals surface area (Å²) < 4.78 is 4.70. The molecule has 1 aliphatic carbocycles. The lowest BCUT2D eigenvalue weighted by molar-refractivity contribution is 0.0600. The predicted octanol–water partition coefficient (Wildman–Crippen LogP) is 3.74. The van der Waals surface area contributed by atoms with Gasteiger partial charge >= 0.3 is 5.97 Å². The van der Waals surface area contributed by atoms with Crippen molar-refractivity contribution in [3.63, 3.8) is 0 Å². The second-order valence-electron chi connectivity index (χ2n) is 4.97. The number of carbonyl (C=O) groups is 1. The van der Waals surface area contributed by atoms with Crippen LogP contribution >= 0.6 is 0 Å². The van der Waals surface area contributed by atoms with E-state index in [9.17, 15) is 4.79 Å². The molecule has 2 nitrogen and oxygen atoms in total. The third kappa shape index (κ3) is 2.39. The lowest BCUT2D eigenvalue weighted by Gasteiger charge is -2.03. The second kappa shape index (κ2) is 4.88. The number of methoxy groups -OCH3 is 1. The number of esters is 1. The highest BCUT2D eigenvalue weighted by Crippen LogP contribution is 2.54. The van der Waals surface area contributed by atoms with Gasteiger partial charge in [0.15, 0.2) is 0 Å². The molecule has 19 heavy (non-hydrogen) atoms. The van der Waals surface area contributed by atoms with E-state index in [1.54, 1.807) is 0 Å². The summed E-state index contributed by atoms with van der Waals surface area (Å²) in [5.74, 6) is 0.946. The zero-order valence-electron chi connectivity index (χ0n) is 10.9. The number of hydrogen-bond acceptors (Lipinski definition) is 2. The SMILES string of the molecule is COC(=O)c1ccc(C2CC2c2ccccc2)cc1. The molecule has 0 radical (unpaired) electrons. The highest BCUT2D eigenvalue weighted by Gasteiger charge is 2.39. The molecule has 1 fully saturated rings. The van der Waals surface area contributed by atoms with Crippen LogP contribution in [0.3, 0.4) is 0 Å². The molecule has 1 aliphatic rings. The third-order valence-corrected chi connectivity index (χ3v) is 3.78. The summed E-state index contributed by atoms with van der Waals surface area (Å²) in [7, 11) is 1.41. The Morgan fingerprint density at radius 3 is 2.11 bits per heavy atom. The standard InChI is InChI=1S/C17H16O2/c1-19-17(18)14-9-7-13(8-10-14)16-11-15(16)12-5-3-2-4-6-12/h2-10,15-16H,11H2,1H3. The van der Waals surface area contributed by atoms with E-state index in [0.717, 1.165) is 0 Å². The maximum Gasteiger partial charge on any atom is 0.337 e. The number of rotatable bonds is 3. The molecule has 0 heterocycles. The summed E-state index contributed by atoms with van der Waals surface area (Å²) in [5, 5.41) is 0. The number of benzene rings is 2. The fourth-order valence-electron chi connectivity index (χ4n) is 2.62. The summed E-state index contributed by atoms with van der Waals surface area (Å²) in [6.07, 6.45) is 1.20. The molecular weight excluding hydrogens is 236 g/mol. The van der Waals surface area contributed by atoms with Gasteiger partial charge in [-0.25, -0.2) is 4.79 Å². The van der Waals surface area contributed by atoms with Gasteiger partial charge < -0.3 is 4.74 Å². The van der Waals surface area contributed by atoms with Gasteiger partial charge in [-0.05, 0) is 41.5 Å². The van der Waals surface area contributed by atoms with Gasteiger partial charge in [0.2, 0.25) is 0 Å². The zero-order chi connectivity index (χ0) is 13.2. The number of carbonyl (C=O) groups excluding carboxylic acids is 1. The van der Waals surface area contributed by atoms with Crippen LogP contribution in [0.2, 0.25) is 0 Å². The predicted molar refractivity (Wildman–Crippen MR) is 74.3 cm³/mol. The Balaban J connectivity index is 1.74. The summed E-state index contributed by atoms with van der Waals surface area (Å²) in [4.78, 5) is 11.4. The van der Waals surface area contributed by atoms with Crippen LogP contribution in [0.25, 0.3) is 0 Å². The van der Waals surface area contributed by atoms with Crippen molar-refractivity contribution < 1.29 is 9.53 Å². The fourth-order valence-corrected chi connectivity index (χ4v) is 2.62. The molecule has 2 heteroatoms. The first kappa shape index (κ1) is 12.0. The molecule has 96 valence electrons. The Labute approximate surface area is 113 Å². The summed E-state index contributed by atoms with van der Waals surface area (Å²) in [5.41, 5.74) is 3.33. The Kier molecular flexibility index (Phi) is 3.08. The molecule has 0 saturated heterocycles. The van der Waals surface area contributed by atoms with Crippen LogP contribution in [0.1, 0.15) is 39.7 Å². The monoisotopic (exact) mass is 252 g/mol. The van der Waals surface area contributed by atoms with Crippen molar-refractivity contribution in [1.82, 2.24) is 0 Å². The van der Waals surface area contributed by atoms with Crippen molar-refractivity contribution in [2.24, 2.45) is 0 Å². The molecule has 3 rings (SSSR count). The first-order chi connectivity index (χ1) is 9.29. The van der Waals surface area contributed by atoms with Gasteiger partial charge in [-0.15, -0.1) is 0 Å². The molecule has 0 amide bonds. The van der Waals surface area contributed by atoms with Crippen LogP contribution in [0.15, 0.2) is 54.6 Å². The molecule has 2 aromatic rings. The van der Waals surface area contributed by atoms with Gasteiger partial charge in [-0.2, -0.15) is 0 Å². The molecule has 0 aliphatic heterocycles. The molecular formula is C17H16O2. The van der Waals surface area contributed by atoms with Crippen LogP contribution in [0, 0.1) is 0 Å². The molecule has 0 bridgehead atoms. The van der Waals surface area contributed by atoms with Crippen molar-refractivity contribution >= 4 is 5.97 Å². The first-order valence-corrected chi connectivity index (χ1v) is 6.53. The lowest BCUT2D eigenvalue weighted by atomic mass is 10.0. The van der Waals surface area contributed by atoms with E-state index in [-0.39, 0.29) is 5.97 Å². The molecule has 2 aromatic carbocycles. The normalized spacial score (nSPS) is 20.9. The van der Waals surface area contributed by atoms with E-state index < -0.39 is 0 Å². The quantitative estimate of drug-likeness (QED) is 0.778. The molecule has 0 spiro atoms. The van der Waals surface area contributed by atoms with Crippen molar-refractivity contribution in [2.75, 3.05) is 7.11 Å². The molecule has 2 atom stereocenters. The number of ether oxygens (including phenoxy) is 1. The van der Waals surface area contributed by atoms with Crippen molar-refractivity contribution in [3.05, 3.63) is 71.3 Å². The van der Waals surface area contributed by atoms with Gasteiger partial charge in [0.1, 0.15) is 0 Å². The molecule has 1 saturated carbocycles. The first-order valence-electron chi connectivity index (χ1n) is 6.53. The van der Waals surface area contributed by atoms with Crippen molar-refractivity contribution in [1.29, 1.82) is 0 Å². The van der Waals surface area contributed by atoms with E-state index in [1.165, 1.54) is 24.7 Å². The van der Waals surface area contributed by atoms with E-state index in [4.69, 9.17) is 4.74 Å². The van der Waals surface area contributed by atoms with Gasteiger partial charge in [0.25, 0.3) is 0 Å². The number of hydrogen-bond donors (Lipinski definition) is 0. The van der Waals surface area contributed by atoms with Crippen LogP contribution < -0.4 is 0 Å². The van der Waals surface area contributed by atoms with Crippen LogP contribution in [0.4, 0.5) is 0 Å². The van der Waals surface area contributed by atoms with Crippen molar-refractivity contribution in [3.8, 4) is 0 Å². The maximum absolute atomic E-state index is 11.4. The highest BCUT2D eigenvalue weighted by molar-refractivity contribution is 5.89. The Hall–Kier alpha value is -2.09. The molecule has 0 N–H and O–H groups in total. The minimum Gasteiger partial charge on any atom is -0.465 e. The molecule has 0 aromatic heterocycles. The smallest absolute Gasteiger partial charge is 0.337 e. The fraction of sp³-hybridized carbons (Fsp3) is 0.235. The minimum atomic E-state index is -0.276. The maximum atomic E-state index is 11.4. The van der Waals surface area contributed by atoms with Crippen molar-refractivity contribution in [2.45, 2.75) is 18.3 Å². The molecule has 2 unspecified atom stereocenters. The average molecular weight is 252 g/mol. The van der Waals surface area contributed by atoms with E-state index in [2.05, 4.69) is 24.3 Å². The lowest BCUT2D eigenvalue weighted by Crippen LogP contribution is -2.00. The van der Waals surface area contributed by atoms with Gasteiger partial charge in [-0.3, -0.25) is 0 Å². The van der Waals surface area contributed by atoms with Crippen LogP contribution in [0.5, 0.6) is 0 Å². The highest BCUT2D eigenvalue weighted by atomic mass is 16.5. The van der Waals surface area contributed by atoms with Gasteiger partial charge in [-0.1, -0.05) is 42.5 Å². The minimum absolute atomic E-state index is 0.276. The third-order valence-electron chi connectivity index (χ3n) is 3.78. The average Bonchev–Trinajstić information content (AvgIpc) is 3.28.